The quantitative estimate of drug-likeness (QED) is 0.584. The number of imidazole rings is 1. The summed E-state index contributed by atoms with van der Waals surface area (Å²) >= 11 is 6.60. The second kappa shape index (κ2) is 8.81. The predicted molar refractivity (Wildman–Crippen MR) is 120 cm³/mol. The molecule has 3 aromatic rings. The van der Waals surface area contributed by atoms with Crippen molar-refractivity contribution in [1.82, 2.24) is 13.9 Å². The van der Waals surface area contributed by atoms with E-state index in [2.05, 4.69) is 11.1 Å². The lowest BCUT2D eigenvalue weighted by molar-refractivity contribution is 0.0730. The Morgan fingerprint density at radius 3 is 2.74 bits per heavy atom. The van der Waals surface area contributed by atoms with Gasteiger partial charge in [0.2, 0.25) is 10.0 Å². The van der Waals surface area contributed by atoms with Crippen molar-refractivity contribution in [2.24, 2.45) is 0 Å². The number of nitrogens with zero attached hydrogens (tertiary/aromatic N) is 4. The number of hydrogen-bond donors (Lipinski definition) is 0. The number of aryl methyl sites for hydroxylation is 1. The largest absolute Gasteiger partial charge is 0.379 e. The van der Waals surface area contributed by atoms with Gasteiger partial charge in [-0.25, -0.2) is 13.4 Å². The van der Waals surface area contributed by atoms with Crippen molar-refractivity contribution in [3.63, 3.8) is 0 Å². The maximum atomic E-state index is 13.0. The lowest BCUT2D eigenvalue weighted by Gasteiger charge is -2.26. The molecule has 0 atom stereocenters. The zero-order valence-electron chi connectivity index (χ0n) is 17.0. The lowest BCUT2D eigenvalue weighted by atomic mass is 10.1. The van der Waals surface area contributed by atoms with Crippen LogP contribution in [-0.2, 0) is 21.3 Å². The van der Waals surface area contributed by atoms with Crippen molar-refractivity contribution in [3.05, 3.63) is 59.4 Å². The van der Waals surface area contributed by atoms with E-state index < -0.39 is 10.0 Å². The van der Waals surface area contributed by atoms with Gasteiger partial charge in [0.1, 0.15) is 0 Å². The van der Waals surface area contributed by atoms with E-state index in [4.69, 9.17) is 21.6 Å². The average Bonchev–Trinajstić information content (AvgIpc) is 3.18. The van der Waals surface area contributed by atoms with Crippen LogP contribution in [0.4, 0.5) is 0 Å². The number of aromatic nitrogens is 2. The monoisotopic (exact) mass is 456 g/mol. The SMILES string of the molecule is CCn1c(C(Cl)=Cc2cccc(C#N)c2)nc2cc(S(=O)(=O)N3CCOCC3)ccc21. The molecule has 31 heavy (non-hydrogen) atoms. The summed E-state index contributed by atoms with van der Waals surface area (Å²) in [7, 11) is -3.61. The highest BCUT2D eigenvalue weighted by Crippen LogP contribution is 2.29. The molecule has 1 aromatic heterocycles. The van der Waals surface area contributed by atoms with Gasteiger partial charge in [0, 0.05) is 19.6 Å². The molecule has 1 aliphatic heterocycles. The molecule has 0 N–H and O–H groups in total. The molecule has 9 heteroatoms. The molecule has 0 spiro atoms. The molecule has 0 bridgehead atoms. The van der Waals surface area contributed by atoms with Crippen LogP contribution in [0, 0.1) is 11.3 Å². The zero-order valence-corrected chi connectivity index (χ0v) is 18.5. The molecule has 160 valence electrons. The third kappa shape index (κ3) is 4.23. The van der Waals surface area contributed by atoms with E-state index in [9.17, 15) is 8.42 Å². The van der Waals surface area contributed by atoms with Gasteiger partial charge in [-0.05, 0) is 48.9 Å². The lowest BCUT2D eigenvalue weighted by Crippen LogP contribution is -2.40. The topological polar surface area (TPSA) is 88.2 Å². The van der Waals surface area contributed by atoms with Crippen molar-refractivity contribution in [2.75, 3.05) is 26.3 Å². The van der Waals surface area contributed by atoms with E-state index in [1.54, 1.807) is 42.5 Å². The third-order valence-electron chi connectivity index (χ3n) is 5.17. The fourth-order valence-electron chi connectivity index (χ4n) is 3.62. The van der Waals surface area contributed by atoms with Crippen LogP contribution in [0.3, 0.4) is 0 Å². The zero-order chi connectivity index (χ0) is 22.0. The summed E-state index contributed by atoms with van der Waals surface area (Å²) in [6, 6.07) is 14.2. The number of morpholine rings is 1. The van der Waals surface area contributed by atoms with Gasteiger partial charge >= 0.3 is 0 Å². The molecule has 1 saturated heterocycles. The Labute approximate surface area is 186 Å². The van der Waals surface area contributed by atoms with E-state index in [1.807, 2.05) is 17.6 Å². The average molecular weight is 457 g/mol. The maximum Gasteiger partial charge on any atom is 0.243 e. The number of halogens is 1. The van der Waals surface area contributed by atoms with Crippen molar-refractivity contribution in [1.29, 1.82) is 5.26 Å². The van der Waals surface area contributed by atoms with Crippen molar-refractivity contribution in [3.8, 4) is 6.07 Å². The summed E-state index contributed by atoms with van der Waals surface area (Å²) in [5, 5.41) is 9.50. The molecular formula is C22H21ClN4O3S. The first-order valence-corrected chi connectivity index (χ1v) is 11.7. The van der Waals surface area contributed by atoms with Gasteiger partial charge in [-0.1, -0.05) is 23.7 Å². The minimum atomic E-state index is -3.61. The van der Waals surface area contributed by atoms with E-state index in [0.29, 0.717) is 54.8 Å². The van der Waals surface area contributed by atoms with Crippen molar-refractivity contribution >= 4 is 43.8 Å². The molecule has 7 nitrogen and oxygen atoms in total. The summed E-state index contributed by atoms with van der Waals surface area (Å²) in [6.07, 6.45) is 1.75. The Hall–Kier alpha value is -2.70. The minimum Gasteiger partial charge on any atom is -0.379 e. The fourth-order valence-corrected chi connectivity index (χ4v) is 5.32. The first-order chi connectivity index (χ1) is 14.9. The van der Waals surface area contributed by atoms with E-state index in [1.165, 1.54) is 4.31 Å². The van der Waals surface area contributed by atoms with E-state index in [0.717, 1.165) is 11.1 Å². The van der Waals surface area contributed by atoms with Crippen LogP contribution in [-0.4, -0.2) is 48.6 Å². The molecule has 4 rings (SSSR count). The van der Waals surface area contributed by atoms with Crippen LogP contribution in [0.1, 0.15) is 23.9 Å². The van der Waals surface area contributed by atoms with Crippen molar-refractivity contribution in [2.45, 2.75) is 18.4 Å². The number of fused-ring (bicyclic) bond motifs is 1. The normalized spacial score (nSPS) is 15.8. The van der Waals surface area contributed by atoms with Gasteiger partial charge in [-0.3, -0.25) is 0 Å². The highest BCUT2D eigenvalue weighted by molar-refractivity contribution is 7.89. The summed E-state index contributed by atoms with van der Waals surface area (Å²) in [5.74, 6) is 0.544. The van der Waals surface area contributed by atoms with E-state index >= 15 is 0 Å². The van der Waals surface area contributed by atoms with Gasteiger partial charge in [-0.2, -0.15) is 9.57 Å². The third-order valence-corrected chi connectivity index (χ3v) is 7.34. The molecule has 1 fully saturated rings. The van der Waals surface area contributed by atoms with Crippen LogP contribution in [0.25, 0.3) is 22.1 Å². The van der Waals surface area contributed by atoms with Gasteiger partial charge in [0.15, 0.2) is 5.82 Å². The molecular weight excluding hydrogens is 436 g/mol. The fraction of sp³-hybridized carbons (Fsp3) is 0.273. The first-order valence-electron chi connectivity index (χ1n) is 9.90. The van der Waals surface area contributed by atoms with Crippen LogP contribution in [0.5, 0.6) is 0 Å². The maximum absolute atomic E-state index is 13.0. The van der Waals surface area contributed by atoms with Crippen molar-refractivity contribution < 1.29 is 13.2 Å². The molecule has 0 unspecified atom stereocenters. The Kier molecular flexibility index (Phi) is 6.12. The summed E-state index contributed by atoms with van der Waals surface area (Å²) in [5.41, 5.74) is 2.69. The number of sulfonamides is 1. The first kappa shape index (κ1) is 21.5. The molecule has 1 aliphatic rings. The van der Waals surface area contributed by atoms with Crippen LogP contribution < -0.4 is 0 Å². The second-order valence-electron chi connectivity index (χ2n) is 7.08. The number of nitriles is 1. The Morgan fingerprint density at radius 2 is 2.03 bits per heavy atom. The number of hydrogen-bond acceptors (Lipinski definition) is 5. The second-order valence-corrected chi connectivity index (χ2v) is 9.42. The molecule has 2 heterocycles. The molecule has 0 amide bonds. The summed E-state index contributed by atoms with van der Waals surface area (Å²) < 4.78 is 34.6. The molecule has 0 radical (unpaired) electrons. The van der Waals surface area contributed by atoms with Gasteiger partial charge in [0.05, 0.1) is 45.8 Å². The predicted octanol–water partition coefficient (Wildman–Crippen LogP) is 3.69. The van der Waals surface area contributed by atoms with Gasteiger partial charge < -0.3 is 9.30 Å². The Balaban J connectivity index is 1.75. The van der Waals surface area contributed by atoms with Crippen LogP contribution in [0.15, 0.2) is 47.4 Å². The van der Waals surface area contributed by atoms with Gasteiger partial charge in [-0.15, -0.1) is 0 Å². The van der Waals surface area contributed by atoms with E-state index in [-0.39, 0.29) is 4.90 Å². The molecule has 0 aliphatic carbocycles. The highest BCUT2D eigenvalue weighted by atomic mass is 35.5. The summed E-state index contributed by atoms with van der Waals surface area (Å²) in [6.45, 7) is 4.05. The number of ether oxygens (including phenoxy) is 1. The Bertz CT molecular complexity index is 1300. The summed E-state index contributed by atoms with van der Waals surface area (Å²) in [4.78, 5) is 4.84. The molecule has 0 saturated carbocycles. The smallest absolute Gasteiger partial charge is 0.243 e. The van der Waals surface area contributed by atoms with Crippen LogP contribution in [0.2, 0.25) is 0 Å². The highest BCUT2D eigenvalue weighted by Gasteiger charge is 2.27. The minimum absolute atomic E-state index is 0.205. The van der Waals surface area contributed by atoms with Crippen LogP contribution >= 0.6 is 11.6 Å². The van der Waals surface area contributed by atoms with Gasteiger partial charge in [0.25, 0.3) is 0 Å². The number of benzene rings is 2. The standard InChI is InChI=1S/C22H21ClN4O3S/c1-2-27-21-7-6-18(31(28,29)26-8-10-30-11-9-26)14-20(21)25-22(27)19(23)13-16-4-3-5-17(12-16)15-24/h3-7,12-14H,2,8-11H2,1H3. The molecule has 2 aromatic carbocycles. The number of rotatable bonds is 5. The Morgan fingerprint density at radius 1 is 1.26 bits per heavy atom.